The maximum atomic E-state index is 14.2. The Hall–Kier alpha value is -4.50. The number of amides is 2. The van der Waals surface area contributed by atoms with Crippen LogP contribution in [-0.4, -0.2) is 64.0 Å². The van der Waals surface area contributed by atoms with Crippen molar-refractivity contribution in [3.8, 4) is 5.75 Å². The van der Waals surface area contributed by atoms with Crippen LogP contribution in [0.4, 0.5) is 5.69 Å². The van der Waals surface area contributed by atoms with Crippen LogP contribution in [0.5, 0.6) is 5.75 Å². The van der Waals surface area contributed by atoms with Crippen molar-refractivity contribution < 1.29 is 14.3 Å². The molecule has 0 saturated heterocycles. The highest BCUT2D eigenvalue weighted by molar-refractivity contribution is 5.97. The van der Waals surface area contributed by atoms with Crippen LogP contribution in [0.1, 0.15) is 54.4 Å². The summed E-state index contributed by atoms with van der Waals surface area (Å²) in [6, 6.07) is 21.3. The summed E-state index contributed by atoms with van der Waals surface area (Å²) in [7, 11) is 0. The number of carbonyl (C=O) groups is 2. The lowest BCUT2D eigenvalue weighted by Crippen LogP contribution is -2.38. The van der Waals surface area contributed by atoms with Gasteiger partial charge in [-0.15, -0.1) is 0 Å². The van der Waals surface area contributed by atoms with E-state index in [1.807, 2.05) is 72.2 Å². The predicted octanol–water partition coefficient (Wildman–Crippen LogP) is 5.02. The highest BCUT2D eigenvalue weighted by atomic mass is 16.5. The summed E-state index contributed by atoms with van der Waals surface area (Å²) in [5.41, 5.74) is 4.95. The van der Waals surface area contributed by atoms with Gasteiger partial charge >= 0.3 is 0 Å². The number of aryl methyl sites for hydroxylation is 2. The minimum atomic E-state index is -0.126. The van der Waals surface area contributed by atoms with Crippen LogP contribution in [0, 0.1) is 6.92 Å². The van der Waals surface area contributed by atoms with Crippen LogP contribution >= 0.6 is 0 Å². The monoisotopic (exact) mass is 595 g/mol. The number of fused-ring (bicyclic) bond motifs is 2. The maximum Gasteiger partial charge on any atom is 0.272 e. The van der Waals surface area contributed by atoms with Gasteiger partial charge in [0.15, 0.2) is 0 Å². The second-order valence-corrected chi connectivity index (χ2v) is 11.1. The smallest absolute Gasteiger partial charge is 0.272 e. The number of nitrogens with zero attached hydrogens (tertiary/aromatic N) is 5. The third-order valence-electron chi connectivity index (χ3n) is 8.19. The van der Waals surface area contributed by atoms with E-state index in [0.29, 0.717) is 68.2 Å². The summed E-state index contributed by atoms with van der Waals surface area (Å²) in [5.74, 6) is 0.707. The van der Waals surface area contributed by atoms with Crippen LogP contribution in [-0.2, 0) is 24.4 Å². The molecule has 0 spiro atoms. The molecule has 44 heavy (non-hydrogen) atoms. The standard InChI is InChI=1S/C35H41N5O4/c1-5-39-32-17-16-27(22-30(32)36-25(3)34(39)42)35(43)38-21-20-37(23-29-13-8-10-15-33(29)44-6-2)18-11-19-40(26(4)41)31-14-9-7-12-28(31)24-38/h7-10,12-17,22H,5-6,11,18-21,23-24H2,1-4H3. The Morgan fingerprint density at radius 2 is 1.70 bits per heavy atom. The van der Waals surface area contributed by atoms with Crippen LogP contribution in [0.3, 0.4) is 0 Å². The number of rotatable bonds is 6. The van der Waals surface area contributed by atoms with Crippen molar-refractivity contribution in [2.75, 3.05) is 37.7 Å². The topological polar surface area (TPSA) is 88.0 Å². The van der Waals surface area contributed by atoms with E-state index in [1.165, 1.54) is 0 Å². The fourth-order valence-electron chi connectivity index (χ4n) is 5.97. The summed E-state index contributed by atoms with van der Waals surface area (Å²) in [5, 5.41) is 0. The van der Waals surface area contributed by atoms with Gasteiger partial charge < -0.3 is 19.1 Å². The number of para-hydroxylation sites is 2. The molecule has 0 atom stereocenters. The molecule has 9 nitrogen and oxygen atoms in total. The van der Waals surface area contributed by atoms with Gasteiger partial charge in [-0.1, -0.05) is 36.4 Å². The maximum absolute atomic E-state index is 14.2. The second kappa shape index (κ2) is 13.9. The first kappa shape index (κ1) is 30.9. The zero-order chi connectivity index (χ0) is 31.2. The molecular weight excluding hydrogens is 554 g/mol. The molecule has 9 heteroatoms. The largest absolute Gasteiger partial charge is 0.494 e. The Kier molecular flexibility index (Phi) is 9.75. The van der Waals surface area contributed by atoms with Gasteiger partial charge in [0, 0.05) is 69.6 Å². The van der Waals surface area contributed by atoms with E-state index >= 15 is 0 Å². The van der Waals surface area contributed by atoms with E-state index in [1.54, 1.807) is 30.5 Å². The highest BCUT2D eigenvalue weighted by Gasteiger charge is 2.24. The Labute approximate surface area is 258 Å². The summed E-state index contributed by atoms with van der Waals surface area (Å²) in [6.45, 7) is 11.8. The minimum absolute atomic E-state index is 0.0271. The summed E-state index contributed by atoms with van der Waals surface area (Å²) in [6.07, 6.45) is 0.785. The number of benzene rings is 3. The van der Waals surface area contributed by atoms with Crippen molar-refractivity contribution in [2.24, 2.45) is 0 Å². The average molecular weight is 596 g/mol. The molecule has 5 rings (SSSR count). The van der Waals surface area contributed by atoms with Gasteiger partial charge in [0.25, 0.3) is 11.5 Å². The molecule has 4 aromatic rings. The Morgan fingerprint density at radius 3 is 2.48 bits per heavy atom. The first-order valence-electron chi connectivity index (χ1n) is 15.4. The number of ether oxygens (including phenoxy) is 1. The molecule has 0 bridgehead atoms. The molecule has 0 radical (unpaired) electrons. The fraction of sp³-hybridized carbons (Fsp3) is 0.371. The van der Waals surface area contributed by atoms with Crippen molar-refractivity contribution in [3.63, 3.8) is 0 Å². The summed E-state index contributed by atoms with van der Waals surface area (Å²) < 4.78 is 7.59. The van der Waals surface area contributed by atoms with Gasteiger partial charge in [0.2, 0.25) is 5.91 Å². The van der Waals surface area contributed by atoms with Gasteiger partial charge in [0.05, 0.1) is 17.6 Å². The van der Waals surface area contributed by atoms with Gasteiger partial charge in [-0.05, 0) is 63.1 Å². The molecule has 0 unspecified atom stereocenters. The molecule has 1 aliphatic heterocycles. The molecule has 0 aliphatic carbocycles. The lowest BCUT2D eigenvalue weighted by Gasteiger charge is -2.28. The van der Waals surface area contributed by atoms with Crippen LogP contribution in [0.15, 0.2) is 71.5 Å². The molecule has 0 fully saturated rings. The Balaban J connectivity index is 1.52. The van der Waals surface area contributed by atoms with E-state index in [-0.39, 0.29) is 17.4 Å². The van der Waals surface area contributed by atoms with E-state index in [2.05, 4.69) is 16.0 Å². The van der Waals surface area contributed by atoms with Gasteiger partial charge in [-0.3, -0.25) is 19.3 Å². The Bertz CT molecular complexity index is 1720. The van der Waals surface area contributed by atoms with Crippen molar-refractivity contribution in [3.05, 3.63) is 99.5 Å². The van der Waals surface area contributed by atoms with Crippen LogP contribution < -0.4 is 15.2 Å². The zero-order valence-electron chi connectivity index (χ0n) is 26.1. The summed E-state index contributed by atoms with van der Waals surface area (Å²) >= 11 is 0. The van der Waals surface area contributed by atoms with Gasteiger partial charge in [-0.2, -0.15) is 0 Å². The van der Waals surface area contributed by atoms with Crippen molar-refractivity contribution in [1.29, 1.82) is 0 Å². The van der Waals surface area contributed by atoms with Gasteiger partial charge in [0.1, 0.15) is 11.4 Å². The van der Waals surface area contributed by atoms with E-state index in [0.717, 1.165) is 35.5 Å². The number of hydrogen-bond donors (Lipinski definition) is 0. The lowest BCUT2D eigenvalue weighted by atomic mass is 10.1. The van der Waals surface area contributed by atoms with E-state index < -0.39 is 0 Å². The number of anilines is 1. The third kappa shape index (κ3) is 6.68. The molecule has 0 saturated carbocycles. The quantitative estimate of drug-likeness (QED) is 0.311. The number of carbonyl (C=O) groups excluding carboxylic acids is 2. The molecule has 0 N–H and O–H groups in total. The molecule has 2 amide bonds. The minimum Gasteiger partial charge on any atom is -0.494 e. The molecular formula is C35H41N5O4. The predicted molar refractivity (Wildman–Crippen MR) is 173 cm³/mol. The highest BCUT2D eigenvalue weighted by Crippen LogP contribution is 2.26. The Morgan fingerprint density at radius 1 is 0.932 bits per heavy atom. The molecule has 1 aromatic heterocycles. The van der Waals surface area contributed by atoms with Crippen LogP contribution in [0.2, 0.25) is 0 Å². The van der Waals surface area contributed by atoms with Crippen LogP contribution in [0.25, 0.3) is 11.0 Å². The molecule has 230 valence electrons. The first-order chi connectivity index (χ1) is 21.3. The fourth-order valence-corrected chi connectivity index (χ4v) is 5.97. The lowest BCUT2D eigenvalue weighted by molar-refractivity contribution is -0.116. The van der Waals surface area contributed by atoms with Crippen molar-refractivity contribution >= 4 is 28.5 Å². The second-order valence-electron chi connectivity index (χ2n) is 11.1. The SMILES string of the molecule is CCOc1ccccc1CN1CCCN(C(C)=O)c2ccccc2CN(C(=O)c2ccc3c(c2)nc(C)c(=O)n3CC)CC1. The van der Waals surface area contributed by atoms with E-state index in [9.17, 15) is 14.4 Å². The summed E-state index contributed by atoms with van der Waals surface area (Å²) in [4.78, 5) is 50.3. The molecule has 2 heterocycles. The van der Waals surface area contributed by atoms with Crippen molar-refractivity contribution in [2.45, 2.75) is 53.8 Å². The number of hydrogen-bond acceptors (Lipinski definition) is 6. The molecule has 1 aliphatic rings. The number of aromatic nitrogens is 2. The zero-order valence-corrected chi connectivity index (χ0v) is 26.1. The normalized spacial score (nSPS) is 14.6. The first-order valence-corrected chi connectivity index (χ1v) is 15.4. The molecule has 3 aromatic carbocycles. The van der Waals surface area contributed by atoms with Gasteiger partial charge in [-0.25, -0.2) is 4.98 Å². The third-order valence-corrected chi connectivity index (χ3v) is 8.19. The van der Waals surface area contributed by atoms with Crippen molar-refractivity contribution in [1.82, 2.24) is 19.4 Å². The average Bonchev–Trinajstić information content (AvgIpc) is 3.05. The van der Waals surface area contributed by atoms with E-state index in [4.69, 9.17) is 4.74 Å².